The first kappa shape index (κ1) is 19.1. The third-order valence-corrected chi connectivity index (χ3v) is 3.37. The monoisotopic (exact) mass is 341 g/mol. The molecule has 0 radical (unpaired) electrons. The molecule has 1 aliphatic heterocycles. The molecular formula is C15H20ClN3O4. The average Bonchev–Trinajstić information content (AvgIpc) is 2.53. The van der Waals surface area contributed by atoms with Crippen molar-refractivity contribution in [1.82, 2.24) is 10.6 Å². The van der Waals surface area contributed by atoms with E-state index in [9.17, 15) is 14.9 Å². The van der Waals surface area contributed by atoms with Crippen molar-refractivity contribution in [3.8, 4) is 0 Å². The zero-order chi connectivity index (χ0) is 15.9. The van der Waals surface area contributed by atoms with E-state index in [2.05, 4.69) is 10.6 Å². The van der Waals surface area contributed by atoms with Crippen molar-refractivity contribution in [3.63, 3.8) is 0 Å². The highest BCUT2D eigenvalue weighted by atomic mass is 35.5. The molecule has 7 nitrogen and oxygen atoms in total. The largest absolute Gasteiger partial charge is 0.463 e. The molecule has 1 atom stereocenters. The Labute approximate surface area is 140 Å². The fourth-order valence-corrected chi connectivity index (χ4v) is 2.33. The molecule has 1 heterocycles. The third-order valence-electron chi connectivity index (χ3n) is 3.37. The number of halogens is 1. The predicted molar refractivity (Wildman–Crippen MR) is 89.6 cm³/mol. The first-order valence-corrected chi connectivity index (χ1v) is 7.19. The van der Waals surface area contributed by atoms with Crippen molar-refractivity contribution in [3.05, 3.63) is 45.5 Å². The first-order valence-electron chi connectivity index (χ1n) is 7.19. The predicted octanol–water partition coefficient (Wildman–Crippen LogP) is 1.52. The van der Waals surface area contributed by atoms with Crippen LogP contribution in [0.15, 0.2) is 29.8 Å². The van der Waals surface area contributed by atoms with Crippen molar-refractivity contribution in [2.75, 3.05) is 26.2 Å². The summed E-state index contributed by atoms with van der Waals surface area (Å²) in [6, 6.07) is 6.11. The molecule has 1 unspecified atom stereocenters. The highest BCUT2D eigenvalue weighted by molar-refractivity contribution is 5.95. The second kappa shape index (κ2) is 9.24. The Morgan fingerprint density at radius 1 is 1.43 bits per heavy atom. The maximum atomic E-state index is 12.2. The quantitative estimate of drug-likeness (QED) is 0.365. The molecule has 1 fully saturated rings. The van der Waals surface area contributed by atoms with E-state index in [0.717, 1.165) is 13.1 Å². The van der Waals surface area contributed by atoms with Gasteiger partial charge in [-0.05, 0) is 19.1 Å². The molecule has 0 aliphatic carbocycles. The lowest BCUT2D eigenvalue weighted by Gasteiger charge is -2.26. The number of benzene rings is 1. The highest BCUT2D eigenvalue weighted by Gasteiger charge is 2.25. The topological polar surface area (TPSA) is 93.5 Å². The zero-order valence-corrected chi connectivity index (χ0v) is 13.6. The van der Waals surface area contributed by atoms with E-state index in [0.29, 0.717) is 17.7 Å². The van der Waals surface area contributed by atoms with Gasteiger partial charge in [-0.1, -0.05) is 12.1 Å². The van der Waals surface area contributed by atoms with Crippen LogP contribution in [0.2, 0.25) is 0 Å². The summed E-state index contributed by atoms with van der Waals surface area (Å²) in [5, 5.41) is 17.5. The van der Waals surface area contributed by atoms with E-state index in [1.54, 1.807) is 31.2 Å². The van der Waals surface area contributed by atoms with E-state index in [-0.39, 0.29) is 30.7 Å². The molecule has 1 saturated heterocycles. The standard InChI is InChI=1S/C15H19N3O4.ClH/c1-2-22-15(19)12(13-10-16-7-8-17-13)9-11-5-3-4-6-14(11)18(20)21;/h3-6,9,13,16-17H,2,7-8,10H2,1H3;1H. The van der Waals surface area contributed by atoms with Gasteiger partial charge >= 0.3 is 5.97 Å². The molecule has 0 aromatic heterocycles. The number of para-hydroxylation sites is 1. The molecule has 8 heteroatoms. The molecule has 0 amide bonds. The first-order chi connectivity index (χ1) is 10.6. The van der Waals surface area contributed by atoms with E-state index in [1.807, 2.05) is 0 Å². The molecule has 1 aromatic carbocycles. The van der Waals surface area contributed by atoms with Gasteiger partial charge in [-0.25, -0.2) is 4.79 Å². The molecule has 0 spiro atoms. The third kappa shape index (κ3) is 5.02. The van der Waals surface area contributed by atoms with E-state index < -0.39 is 10.9 Å². The van der Waals surface area contributed by atoms with E-state index in [4.69, 9.17) is 4.74 Å². The van der Waals surface area contributed by atoms with Crippen LogP contribution in [0.1, 0.15) is 12.5 Å². The van der Waals surface area contributed by atoms with Crippen molar-refractivity contribution >= 4 is 30.1 Å². The molecule has 126 valence electrons. The van der Waals surface area contributed by atoms with Crippen LogP contribution in [0.5, 0.6) is 0 Å². The Hall–Kier alpha value is -1.96. The van der Waals surface area contributed by atoms with Crippen LogP contribution in [0.25, 0.3) is 6.08 Å². The molecular weight excluding hydrogens is 322 g/mol. The molecule has 0 saturated carbocycles. The van der Waals surface area contributed by atoms with Gasteiger partial charge in [0.2, 0.25) is 0 Å². The van der Waals surface area contributed by atoms with Gasteiger partial charge in [-0.3, -0.25) is 10.1 Å². The summed E-state index contributed by atoms with van der Waals surface area (Å²) in [5.41, 5.74) is 0.749. The minimum Gasteiger partial charge on any atom is -0.463 e. The lowest BCUT2D eigenvalue weighted by atomic mass is 10.0. The summed E-state index contributed by atoms with van der Waals surface area (Å²) in [6.07, 6.45) is 1.54. The summed E-state index contributed by atoms with van der Waals surface area (Å²) in [6.45, 7) is 4.10. The van der Waals surface area contributed by atoms with Gasteiger partial charge in [-0.15, -0.1) is 12.4 Å². The molecule has 23 heavy (non-hydrogen) atoms. The number of nitro benzene ring substituents is 1. The van der Waals surface area contributed by atoms with Gasteiger partial charge < -0.3 is 15.4 Å². The Kier molecular flexibility index (Phi) is 7.67. The number of ether oxygens (including phenoxy) is 1. The molecule has 0 bridgehead atoms. The van der Waals surface area contributed by atoms with Crippen LogP contribution in [-0.4, -0.2) is 43.2 Å². The van der Waals surface area contributed by atoms with Crippen molar-refractivity contribution in [2.24, 2.45) is 0 Å². The number of rotatable bonds is 5. The van der Waals surface area contributed by atoms with Crippen LogP contribution < -0.4 is 10.6 Å². The van der Waals surface area contributed by atoms with Crippen molar-refractivity contribution in [2.45, 2.75) is 13.0 Å². The Balaban J connectivity index is 0.00000264. The lowest BCUT2D eigenvalue weighted by molar-refractivity contribution is -0.385. The van der Waals surface area contributed by atoms with Crippen molar-refractivity contribution < 1.29 is 14.5 Å². The maximum Gasteiger partial charge on any atom is 0.335 e. The van der Waals surface area contributed by atoms with Gasteiger partial charge in [0.15, 0.2) is 0 Å². The minimum atomic E-state index is -0.457. The zero-order valence-electron chi connectivity index (χ0n) is 12.8. The number of hydrogen-bond acceptors (Lipinski definition) is 6. The number of piperazine rings is 1. The number of nitro groups is 1. The second-order valence-electron chi connectivity index (χ2n) is 4.85. The molecule has 2 rings (SSSR count). The molecule has 2 N–H and O–H groups in total. The number of carbonyl (C=O) groups is 1. The smallest absolute Gasteiger partial charge is 0.335 e. The maximum absolute atomic E-state index is 12.2. The second-order valence-corrected chi connectivity index (χ2v) is 4.85. The Morgan fingerprint density at radius 3 is 2.78 bits per heavy atom. The Morgan fingerprint density at radius 2 is 2.17 bits per heavy atom. The van der Waals surface area contributed by atoms with E-state index >= 15 is 0 Å². The normalized spacial score (nSPS) is 18.0. The van der Waals surface area contributed by atoms with Gasteiger partial charge in [0.05, 0.1) is 28.7 Å². The molecule has 1 aromatic rings. The fourth-order valence-electron chi connectivity index (χ4n) is 2.33. The Bertz CT molecular complexity index is 586. The van der Waals surface area contributed by atoms with Gasteiger partial charge in [-0.2, -0.15) is 0 Å². The van der Waals surface area contributed by atoms with Gasteiger partial charge in [0.25, 0.3) is 5.69 Å². The summed E-state index contributed by atoms with van der Waals surface area (Å²) in [5.74, 6) is -0.457. The van der Waals surface area contributed by atoms with Gasteiger partial charge in [0, 0.05) is 25.7 Å². The van der Waals surface area contributed by atoms with Crippen LogP contribution in [0.4, 0.5) is 5.69 Å². The highest BCUT2D eigenvalue weighted by Crippen LogP contribution is 2.22. The molecule has 1 aliphatic rings. The van der Waals surface area contributed by atoms with Crippen LogP contribution in [0, 0.1) is 10.1 Å². The van der Waals surface area contributed by atoms with E-state index in [1.165, 1.54) is 6.07 Å². The number of nitrogens with one attached hydrogen (secondary N) is 2. The fraction of sp³-hybridized carbons (Fsp3) is 0.400. The number of carbonyl (C=O) groups excluding carboxylic acids is 1. The summed E-state index contributed by atoms with van der Waals surface area (Å²) in [7, 11) is 0. The van der Waals surface area contributed by atoms with Crippen LogP contribution >= 0.6 is 12.4 Å². The van der Waals surface area contributed by atoms with Crippen LogP contribution in [0.3, 0.4) is 0 Å². The number of hydrogen-bond donors (Lipinski definition) is 2. The minimum absolute atomic E-state index is 0. The summed E-state index contributed by atoms with van der Waals surface area (Å²) >= 11 is 0. The van der Waals surface area contributed by atoms with Gasteiger partial charge in [0.1, 0.15) is 0 Å². The number of nitrogens with zero attached hydrogens (tertiary/aromatic N) is 1. The SMILES string of the molecule is CCOC(=O)C(=Cc1ccccc1[N+](=O)[O-])C1CNCCN1.Cl. The average molecular weight is 342 g/mol. The number of esters is 1. The van der Waals surface area contributed by atoms with Crippen molar-refractivity contribution in [1.29, 1.82) is 0 Å². The van der Waals surface area contributed by atoms with Crippen LogP contribution in [-0.2, 0) is 9.53 Å². The summed E-state index contributed by atoms with van der Waals surface area (Å²) in [4.78, 5) is 22.8. The summed E-state index contributed by atoms with van der Waals surface area (Å²) < 4.78 is 5.08. The lowest BCUT2D eigenvalue weighted by Crippen LogP contribution is -2.50.